The van der Waals surface area contributed by atoms with E-state index in [1.165, 1.54) is 5.01 Å². The number of thiol groups is 1. The van der Waals surface area contributed by atoms with Crippen LogP contribution >= 0.6 is 0 Å². The first-order valence-corrected chi connectivity index (χ1v) is 3.92. The second-order valence-corrected chi connectivity index (χ2v) is 2.44. The van der Waals surface area contributed by atoms with Crippen molar-refractivity contribution >= 4 is 17.1 Å². The molecule has 0 unspecified atom stereocenters. The van der Waals surface area contributed by atoms with E-state index in [-0.39, 0.29) is 6.67 Å². The van der Waals surface area contributed by atoms with Gasteiger partial charge in [0, 0.05) is 13.3 Å². The van der Waals surface area contributed by atoms with Crippen LogP contribution in [-0.4, -0.2) is 33.4 Å². The summed E-state index contributed by atoms with van der Waals surface area (Å²) in [6.07, 6.45) is 1.58. The molecule has 0 radical (unpaired) electrons. The molecule has 1 N–H and O–H groups in total. The molecule has 6 heteroatoms. The molecule has 10 heavy (non-hydrogen) atoms. The molecule has 0 aromatic rings. The first kappa shape index (κ1) is 9.38. The number of hydrogen-bond donors (Lipinski definition) is 2. The minimum absolute atomic E-state index is 0.211. The van der Waals surface area contributed by atoms with E-state index in [1.807, 2.05) is 0 Å². The maximum absolute atomic E-state index is 9.96. The van der Waals surface area contributed by atoms with E-state index in [9.17, 15) is 8.42 Å². The van der Waals surface area contributed by atoms with Gasteiger partial charge in [-0.25, -0.2) is 8.42 Å². The predicted octanol–water partition coefficient (Wildman–Crippen LogP) is -1.00. The summed E-state index contributed by atoms with van der Waals surface area (Å²) >= 11 is 0. The molecule has 0 heterocycles. The average Bonchev–Trinajstić information content (AvgIpc) is 1.85. The van der Waals surface area contributed by atoms with Gasteiger partial charge in [0.15, 0.2) is 0 Å². The lowest BCUT2D eigenvalue weighted by Crippen LogP contribution is -2.26. The van der Waals surface area contributed by atoms with Gasteiger partial charge in [0.1, 0.15) is 0 Å². The molecule has 5 nitrogen and oxygen atoms in total. The SMILES string of the molecule is C/C=N\N(C)CN[SH](=O)=O. The molecule has 0 bridgehead atoms. The summed E-state index contributed by atoms with van der Waals surface area (Å²) < 4.78 is 22.1. The summed E-state index contributed by atoms with van der Waals surface area (Å²) in [6.45, 7) is 1.97. The van der Waals surface area contributed by atoms with E-state index in [4.69, 9.17) is 0 Å². The van der Waals surface area contributed by atoms with E-state index in [1.54, 1.807) is 20.2 Å². The summed E-state index contributed by atoms with van der Waals surface area (Å²) in [7, 11) is -0.837. The van der Waals surface area contributed by atoms with Crippen molar-refractivity contribution in [2.75, 3.05) is 13.7 Å². The summed E-state index contributed by atoms with van der Waals surface area (Å²) in [5.41, 5.74) is 0. The molecule has 60 valence electrons. The minimum atomic E-state index is -2.51. The molecule has 0 aromatic carbocycles. The molecule has 0 atom stereocenters. The highest BCUT2D eigenvalue weighted by Crippen LogP contribution is 1.76. The Kier molecular flexibility index (Phi) is 4.87. The van der Waals surface area contributed by atoms with Crippen LogP contribution in [0.15, 0.2) is 5.10 Å². The van der Waals surface area contributed by atoms with Crippen LogP contribution in [0.4, 0.5) is 0 Å². The zero-order chi connectivity index (χ0) is 7.98. The Morgan fingerprint density at radius 1 is 1.70 bits per heavy atom. The lowest BCUT2D eigenvalue weighted by Gasteiger charge is -2.09. The molecular weight excluding hydrogens is 154 g/mol. The Morgan fingerprint density at radius 2 is 2.30 bits per heavy atom. The second kappa shape index (κ2) is 5.19. The van der Waals surface area contributed by atoms with Gasteiger partial charge in [-0.3, -0.25) is 5.01 Å². The van der Waals surface area contributed by atoms with Crippen molar-refractivity contribution in [1.29, 1.82) is 0 Å². The molecule has 0 saturated carbocycles. The first-order valence-electron chi connectivity index (χ1n) is 2.74. The second-order valence-electron chi connectivity index (χ2n) is 1.60. The average molecular weight is 165 g/mol. The van der Waals surface area contributed by atoms with Gasteiger partial charge in [-0.1, -0.05) is 0 Å². The van der Waals surface area contributed by atoms with Gasteiger partial charge in [0.05, 0.1) is 6.67 Å². The van der Waals surface area contributed by atoms with Crippen LogP contribution in [0.5, 0.6) is 0 Å². The van der Waals surface area contributed by atoms with Crippen molar-refractivity contribution < 1.29 is 8.42 Å². The van der Waals surface area contributed by atoms with Gasteiger partial charge in [-0.2, -0.15) is 9.82 Å². The fourth-order valence-corrected chi connectivity index (χ4v) is 0.718. The first-order chi connectivity index (χ1) is 4.66. The van der Waals surface area contributed by atoms with E-state index in [2.05, 4.69) is 9.82 Å². The van der Waals surface area contributed by atoms with E-state index < -0.39 is 10.9 Å². The lowest BCUT2D eigenvalue weighted by molar-refractivity contribution is 0.351. The fraction of sp³-hybridized carbons (Fsp3) is 0.750. The van der Waals surface area contributed by atoms with Crippen LogP contribution in [0.25, 0.3) is 0 Å². The predicted molar refractivity (Wildman–Crippen MR) is 40.2 cm³/mol. The third-order valence-corrected chi connectivity index (χ3v) is 1.14. The van der Waals surface area contributed by atoms with Crippen LogP contribution in [-0.2, 0) is 10.9 Å². The summed E-state index contributed by atoms with van der Waals surface area (Å²) in [5.74, 6) is 0. The van der Waals surface area contributed by atoms with Crippen molar-refractivity contribution in [3.05, 3.63) is 0 Å². The van der Waals surface area contributed by atoms with E-state index in [0.717, 1.165) is 0 Å². The number of hydrogen-bond acceptors (Lipinski definition) is 4. The Balaban J connectivity index is 3.48. The summed E-state index contributed by atoms with van der Waals surface area (Å²) in [5, 5.41) is 5.25. The standard InChI is InChI=1S/C4H11N3O2S/c1-3-5-7(2)4-6-10(8)9/h3,10H,4H2,1-2H3,(H,6,8,9)/b5-3-. The largest absolute Gasteiger partial charge is 0.285 e. The summed E-state index contributed by atoms with van der Waals surface area (Å²) in [4.78, 5) is 0. The molecular formula is C4H11N3O2S. The molecule has 0 aliphatic heterocycles. The maximum atomic E-state index is 9.96. The monoisotopic (exact) mass is 165 g/mol. The third kappa shape index (κ3) is 5.52. The zero-order valence-corrected chi connectivity index (χ0v) is 6.84. The molecule has 0 spiro atoms. The maximum Gasteiger partial charge on any atom is 0.202 e. The number of nitrogens with zero attached hydrogens (tertiary/aromatic N) is 2. The molecule has 0 fully saturated rings. The van der Waals surface area contributed by atoms with Crippen LogP contribution in [0.1, 0.15) is 6.92 Å². The van der Waals surface area contributed by atoms with Crippen molar-refractivity contribution in [2.45, 2.75) is 6.92 Å². The highest BCUT2D eigenvalue weighted by Gasteiger charge is 1.88. The minimum Gasteiger partial charge on any atom is -0.285 e. The topological polar surface area (TPSA) is 61.8 Å². The Bertz CT molecular complexity index is 169. The Morgan fingerprint density at radius 3 is 2.70 bits per heavy atom. The smallest absolute Gasteiger partial charge is 0.202 e. The van der Waals surface area contributed by atoms with Gasteiger partial charge >= 0.3 is 0 Å². The molecule has 0 saturated heterocycles. The van der Waals surface area contributed by atoms with Crippen molar-refractivity contribution in [2.24, 2.45) is 5.10 Å². The van der Waals surface area contributed by atoms with Crippen molar-refractivity contribution in [1.82, 2.24) is 9.73 Å². The van der Waals surface area contributed by atoms with Crippen LogP contribution in [0.2, 0.25) is 0 Å². The zero-order valence-electron chi connectivity index (χ0n) is 5.94. The van der Waals surface area contributed by atoms with E-state index in [0.29, 0.717) is 0 Å². The van der Waals surface area contributed by atoms with Crippen LogP contribution < -0.4 is 4.72 Å². The van der Waals surface area contributed by atoms with Crippen LogP contribution in [0.3, 0.4) is 0 Å². The number of rotatable bonds is 4. The Labute approximate surface area is 61.8 Å². The van der Waals surface area contributed by atoms with Crippen molar-refractivity contribution in [3.63, 3.8) is 0 Å². The van der Waals surface area contributed by atoms with E-state index >= 15 is 0 Å². The molecule has 0 aromatic heterocycles. The normalized spacial score (nSPS) is 11.1. The highest BCUT2D eigenvalue weighted by atomic mass is 32.2. The number of nitrogens with one attached hydrogen (secondary N) is 1. The van der Waals surface area contributed by atoms with Gasteiger partial charge in [-0.15, -0.1) is 0 Å². The molecule has 0 rings (SSSR count). The molecule has 0 aliphatic rings. The lowest BCUT2D eigenvalue weighted by atomic mass is 10.9. The molecule has 0 amide bonds. The van der Waals surface area contributed by atoms with Crippen LogP contribution in [0, 0.1) is 0 Å². The summed E-state index contributed by atoms with van der Waals surface area (Å²) in [6, 6.07) is 0. The highest BCUT2D eigenvalue weighted by molar-refractivity contribution is 7.70. The fourth-order valence-electron chi connectivity index (χ4n) is 0.398. The Hall–Kier alpha value is -0.620. The van der Waals surface area contributed by atoms with Gasteiger partial charge in [0.2, 0.25) is 10.9 Å². The van der Waals surface area contributed by atoms with Gasteiger partial charge in [0.25, 0.3) is 0 Å². The third-order valence-electron chi connectivity index (χ3n) is 0.741. The quantitative estimate of drug-likeness (QED) is 0.243. The van der Waals surface area contributed by atoms with Crippen molar-refractivity contribution in [3.8, 4) is 0 Å². The van der Waals surface area contributed by atoms with Gasteiger partial charge in [-0.05, 0) is 6.92 Å². The van der Waals surface area contributed by atoms with Gasteiger partial charge < -0.3 is 0 Å². The molecule has 0 aliphatic carbocycles. The number of hydrazone groups is 1.